The number of likely N-dealkylation sites (N-methyl/N-ethyl adjacent to an activating group) is 1. The molecule has 0 fully saturated rings. The lowest BCUT2D eigenvalue weighted by Gasteiger charge is -2.33. The number of carbonyl (C=O) groups excluding carboxylic acids is 1. The Kier molecular flexibility index (Phi) is 6.95. The molecule has 0 saturated heterocycles. The number of ether oxygens (including phenoxy) is 2. The standard InChI is InChI=1S/C18H23F2N3O3S/c1-5-23(6-2)16(24)14-10(3)21-18(27)22-15(14)11-7-8-12(25-4)13(9-11)26-17(19)20/h7-9,15,17H,5-6H2,1-4H3,(H2,21,22,27)/t15-/m1/s1. The first-order valence-corrected chi connectivity index (χ1v) is 8.93. The summed E-state index contributed by atoms with van der Waals surface area (Å²) in [5, 5.41) is 6.35. The van der Waals surface area contributed by atoms with E-state index in [1.54, 1.807) is 17.9 Å². The van der Waals surface area contributed by atoms with E-state index in [2.05, 4.69) is 15.4 Å². The number of amides is 1. The number of nitrogens with zero attached hydrogens (tertiary/aromatic N) is 1. The minimum Gasteiger partial charge on any atom is -0.493 e. The Morgan fingerprint density at radius 2 is 1.96 bits per heavy atom. The van der Waals surface area contributed by atoms with E-state index < -0.39 is 12.7 Å². The summed E-state index contributed by atoms with van der Waals surface area (Å²) in [5.41, 5.74) is 1.65. The van der Waals surface area contributed by atoms with Crippen molar-refractivity contribution in [3.63, 3.8) is 0 Å². The lowest BCUT2D eigenvalue weighted by molar-refractivity contribution is -0.127. The molecule has 0 aliphatic carbocycles. The number of carbonyl (C=O) groups is 1. The number of halogens is 2. The molecule has 1 heterocycles. The Labute approximate surface area is 162 Å². The van der Waals surface area contributed by atoms with E-state index in [0.29, 0.717) is 35.0 Å². The van der Waals surface area contributed by atoms with Gasteiger partial charge in [0.05, 0.1) is 18.7 Å². The summed E-state index contributed by atoms with van der Waals surface area (Å²) in [7, 11) is 1.37. The normalized spacial score (nSPS) is 16.7. The minimum atomic E-state index is -3.00. The molecule has 1 aliphatic heterocycles. The summed E-state index contributed by atoms with van der Waals surface area (Å²) >= 11 is 5.22. The Bertz CT molecular complexity index is 751. The Balaban J connectivity index is 2.51. The van der Waals surface area contributed by atoms with Gasteiger partial charge in [-0.2, -0.15) is 8.78 Å². The van der Waals surface area contributed by atoms with Crippen molar-refractivity contribution in [3.8, 4) is 11.5 Å². The smallest absolute Gasteiger partial charge is 0.387 e. The van der Waals surface area contributed by atoms with Gasteiger partial charge in [0.2, 0.25) is 0 Å². The lowest BCUT2D eigenvalue weighted by Crippen LogP contribution is -2.47. The molecule has 0 bridgehead atoms. The predicted molar refractivity (Wildman–Crippen MR) is 102 cm³/mol. The molecule has 0 unspecified atom stereocenters. The van der Waals surface area contributed by atoms with Gasteiger partial charge in [0.1, 0.15) is 0 Å². The third kappa shape index (κ3) is 4.65. The zero-order valence-corrected chi connectivity index (χ0v) is 16.5. The molecule has 0 saturated carbocycles. The zero-order valence-electron chi connectivity index (χ0n) is 15.6. The highest BCUT2D eigenvalue weighted by Gasteiger charge is 2.32. The van der Waals surface area contributed by atoms with Gasteiger partial charge in [-0.15, -0.1) is 0 Å². The minimum absolute atomic E-state index is 0.108. The number of hydrogen-bond donors (Lipinski definition) is 2. The van der Waals surface area contributed by atoms with Crippen molar-refractivity contribution >= 4 is 23.2 Å². The van der Waals surface area contributed by atoms with Crippen LogP contribution in [0.2, 0.25) is 0 Å². The molecule has 9 heteroatoms. The van der Waals surface area contributed by atoms with Crippen molar-refractivity contribution < 1.29 is 23.0 Å². The number of benzene rings is 1. The second kappa shape index (κ2) is 8.98. The highest BCUT2D eigenvalue weighted by atomic mass is 32.1. The molecular formula is C18H23F2N3O3S. The van der Waals surface area contributed by atoms with E-state index in [0.717, 1.165) is 0 Å². The van der Waals surface area contributed by atoms with Crippen LogP contribution in [-0.4, -0.2) is 42.7 Å². The molecule has 2 rings (SSSR count). The van der Waals surface area contributed by atoms with Crippen molar-refractivity contribution in [2.45, 2.75) is 33.4 Å². The second-order valence-electron chi connectivity index (χ2n) is 5.84. The number of methoxy groups -OCH3 is 1. The van der Waals surface area contributed by atoms with E-state index in [9.17, 15) is 13.6 Å². The summed E-state index contributed by atoms with van der Waals surface area (Å²) in [6, 6.07) is 4.04. The number of allylic oxidation sites excluding steroid dienone is 1. The fourth-order valence-electron chi connectivity index (χ4n) is 2.97. The fraction of sp³-hybridized carbons (Fsp3) is 0.444. The summed E-state index contributed by atoms with van der Waals surface area (Å²) in [5.74, 6) is -0.0893. The van der Waals surface area contributed by atoms with Crippen LogP contribution in [0.5, 0.6) is 11.5 Å². The van der Waals surface area contributed by atoms with Gasteiger partial charge in [-0.25, -0.2) is 0 Å². The number of hydrogen-bond acceptors (Lipinski definition) is 4. The topological polar surface area (TPSA) is 62.8 Å². The van der Waals surface area contributed by atoms with Gasteiger partial charge >= 0.3 is 6.61 Å². The fourth-order valence-corrected chi connectivity index (χ4v) is 3.24. The molecule has 2 N–H and O–H groups in total. The van der Waals surface area contributed by atoms with Gasteiger partial charge < -0.3 is 25.0 Å². The van der Waals surface area contributed by atoms with Crippen LogP contribution < -0.4 is 20.1 Å². The van der Waals surface area contributed by atoms with Crippen LogP contribution in [0.4, 0.5) is 8.78 Å². The molecule has 1 atom stereocenters. The van der Waals surface area contributed by atoms with Crippen molar-refractivity contribution in [3.05, 3.63) is 35.0 Å². The van der Waals surface area contributed by atoms with Crippen LogP contribution in [0.1, 0.15) is 32.4 Å². The largest absolute Gasteiger partial charge is 0.493 e. The quantitative estimate of drug-likeness (QED) is 0.688. The lowest BCUT2D eigenvalue weighted by atomic mass is 9.94. The Hall–Kier alpha value is -2.42. The first kappa shape index (κ1) is 20.9. The predicted octanol–water partition coefficient (Wildman–Crippen LogP) is 2.96. The maximum Gasteiger partial charge on any atom is 0.387 e. The first-order chi connectivity index (χ1) is 12.8. The summed E-state index contributed by atoms with van der Waals surface area (Å²) in [6.07, 6.45) is 0. The first-order valence-electron chi connectivity index (χ1n) is 8.52. The number of thiocarbonyl (C=S) groups is 1. The van der Waals surface area contributed by atoms with Crippen molar-refractivity contribution in [2.75, 3.05) is 20.2 Å². The average Bonchev–Trinajstić information content (AvgIpc) is 2.61. The Morgan fingerprint density at radius 3 is 2.52 bits per heavy atom. The van der Waals surface area contributed by atoms with Crippen LogP contribution in [0.25, 0.3) is 0 Å². The van der Waals surface area contributed by atoms with Crippen molar-refractivity contribution in [1.29, 1.82) is 0 Å². The van der Waals surface area contributed by atoms with Gasteiger partial charge in [0.15, 0.2) is 16.6 Å². The maximum atomic E-state index is 13.0. The van der Waals surface area contributed by atoms with E-state index >= 15 is 0 Å². The molecule has 148 valence electrons. The van der Waals surface area contributed by atoms with Crippen LogP contribution in [0.3, 0.4) is 0 Å². The molecule has 0 aromatic heterocycles. The highest BCUT2D eigenvalue weighted by molar-refractivity contribution is 7.80. The second-order valence-corrected chi connectivity index (χ2v) is 6.24. The molecule has 1 aromatic rings. The highest BCUT2D eigenvalue weighted by Crippen LogP contribution is 2.35. The monoisotopic (exact) mass is 399 g/mol. The molecule has 0 spiro atoms. The van der Waals surface area contributed by atoms with Crippen molar-refractivity contribution in [2.24, 2.45) is 0 Å². The number of rotatable bonds is 7. The Morgan fingerprint density at radius 1 is 1.30 bits per heavy atom. The average molecular weight is 399 g/mol. The van der Waals surface area contributed by atoms with E-state index in [-0.39, 0.29) is 17.4 Å². The van der Waals surface area contributed by atoms with Crippen LogP contribution in [0, 0.1) is 0 Å². The van der Waals surface area contributed by atoms with Crippen LogP contribution >= 0.6 is 12.2 Å². The summed E-state index contributed by atoms with van der Waals surface area (Å²) in [6.45, 7) is 3.64. The SMILES string of the molecule is CCN(CC)C(=O)C1=C(C)NC(=S)N[C@@H]1c1ccc(OC)c(OC(F)F)c1. The van der Waals surface area contributed by atoms with E-state index in [1.807, 2.05) is 13.8 Å². The molecule has 1 amide bonds. The molecule has 27 heavy (non-hydrogen) atoms. The van der Waals surface area contributed by atoms with Gasteiger partial charge in [-0.05, 0) is 50.7 Å². The van der Waals surface area contributed by atoms with Crippen molar-refractivity contribution in [1.82, 2.24) is 15.5 Å². The third-order valence-electron chi connectivity index (χ3n) is 4.29. The molecule has 0 radical (unpaired) electrons. The maximum absolute atomic E-state index is 13.0. The molecular weight excluding hydrogens is 376 g/mol. The van der Waals surface area contributed by atoms with Gasteiger partial charge in [-0.3, -0.25) is 4.79 Å². The molecule has 1 aliphatic rings. The third-order valence-corrected chi connectivity index (χ3v) is 4.51. The number of alkyl halides is 2. The van der Waals surface area contributed by atoms with E-state index in [4.69, 9.17) is 17.0 Å². The summed E-state index contributed by atoms with van der Waals surface area (Å²) in [4.78, 5) is 14.7. The summed E-state index contributed by atoms with van der Waals surface area (Å²) < 4.78 is 35.1. The van der Waals surface area contributed by atoms with Gasteiger partial charge in [0, 0.05) is 18.8 Å². The molecule has 1 aromatic carbocycles. The number of nitrogens with one attached hydrogen (secondary N) is 2. The van der Waals surface area contributed by atoms with Crippen LogP contribution in [0.15, 0.2) is 29.5 Å². The van der Waals surface area contributed by atoms with Gasteiger partial charge in [-0.1, -0.05) is 6.07 Å². The molecule has 6 nitrogen and oxygen atoms in total. The van der Waals surface area contributed by atoms with Crippen LogP contribution in [-0.2, 0) is 4.79 Å². The zero-order chi connectivity index (χ0) is 20.1. The van der Waals surface area contributed by atoms with Gasteiger partial charge in [0.25, 0.3) is 5.91 Å². The van der Waals surface area contributed by atoms with E-state index in [1.165, 1.54) is 19.2 Å².